The van der Waals surface area contributed by atoms with Crippen molar-refractivity contribution < 1.29 is 4.74 Å². The average molecular weight is 206 g/mol. The molecule has 0 bridgehead atoms. The van der Waals surface area contributed by atoms with Gasteiger partial charge in [-0.05, 0) is 37.8 Å². The van der Waals surface area contributed by atoms with Crippen LogP contribution in [0.4, 0.5) is 5.82 Å². The van der Waals surface area contributed by atoms with Crippen molar-refractivity contribution in [3.8, 4) is 0 Å². The highest BCUT2D eigenvalue weighted by Crippen LogP contribution is 2.22. The lowest BCUT2D eigenvalue weighted by Crippen LogP contribution is -2.29. The number of anilines is 1. The van der Waals surface area contributed by atoms with E-state index in [9.17, 15) is 0 Å². The van der Waals surface area contributed by atoms with E-state index in [1.807, 2.05) is 24.4 Å². The van der Waals surface area contributed by atoms with E-state index in [1.54, 1.807) is 7.11 Å². The summed E-state index contributed by atoms with van der Waals surface area (Å²) < 4.78 is 5.35. The molecular formula is C12H18N2O. The third-order valence-electron chi connectivity index (χ3n) is 3.02. The molecule has 0 atom stereocenters. The quantitative estimate of drug-likeness (QED) is 0.824. The van der Waals surface area contributed by atoms with Gasteiger partial charge in [-0.3, -0.25) is 0 Å². The van der Waals surface area contributed by atoms with Crippen molar-refractivity contribution in [3.05, 3.63) is 24.4 Å². The second kappa shape index (κ2) is 5.12. The summed E-state index contributed by atoms with van der Waals surface area (Å²) in [6, 6.07) is 6.53. The predicted octanol–water partition coefficient (Wildman–Crippen LogP) is 2.45. The number of nitrogens with one attached hydrogen (secondary N) is 1. The second-order valence-corrected chi connectivity index (χ2v) is 4.07. The molecule has 82 valence electrons. The van der Waals surface area contributed by atoms with Crippen molar-refractivity contribution in [1.29, 1.82) is 0 Å². The molecule has 1 N–H and O–H groups in total. The Hall–Kier alpha value is -1.09. The van der Waals surface area contributed by atoms with Crippen LogP contribution in [0.25, 0.3) is 0 Å². The largest absolute Gasteiger partial charge is 0.381 e. The van der Waals surface area contributed by atoms with Gasteiger partial charge < -0.3 is 10.1 Å². The molecule has 1 aromatic rings. The van der Waals surface area contributed by atoms with E-state index >= 15 is 0 Å². The first-order valence-corrected chi connectivity index (χ1v) is 5.59. The summed E-state index contributed by atoms with van der Waals surface area (Å²) in [5.74, 6) is 0.985. The molecule has 1 aliphatic rings. The molecule has 0 aromatic carbocycles. The number of aromatic nitrogens is 1. The Morgan fingerprint density at radius 3 is 2.67 bits per heavy atom. The third kappa shape index (κ3) is 2.93. The average Bonchev–Trinajstić information content (AvgIpc) is 2.31. The first kappa shape index (κ1) is 10.4. The topological polar surface area (TPSA) is 34.1 Å². The van der Waals surface area contributed by atoms with Crippen molar-refractivity contribution in [3.63, 3.8) is 0 Å². The van der Waals surface area contributed by atoms with Gasteiger partial charge in [-0.15, -0.1) is 0 Å². The lowest BCUT2D eigenvalue weighted by molar-refractivity contribution is 0.0681. The van der Waals surface area contributed by atoms with Crippen LogP contribution in [0.2, 0.25) is 0 Å². The molecule has 0 unspecified atom stereocenters. The molecule has 0 radical (unpaired) electrons. The first-order valence-electron chi connectivity index (χ1n) is 5.59. The van der Waals surface area contributed by atoms with Gasteiger partial charge in [0.25, 0.3) is 0 Å². The molecule has 1 aromatic heterocycles. The third-order valence-corrected chi connectivity index (χ3v) is 3.02. The number of hydrogen-bond donors (Lipinski definition) is 1. The standard InChI is InChI=1S/C12H18N2O/c1-15-11-7-5-10(6-8-11)14-12-4-2-3-9-13-12/h2-4,9-11H,5-8H2,1H3,(H,13,14). The molecule has 0 spiro atoms. The fourth-order valence-corrected chi connectivity index (χ4v) is 2.10. The minimum absolute atomic E-state index is 0.465. The Labute approximate surface area is 90.9 Å². The van der Waals surface area contributed by atoms with Gasteiger partial charge >= 0.3 is 0 Å². The van der Waals surface area contributed by atoms with Crippen LogP contribution in [0.3, 0.4) is 0 Å². The van der Waals surface area contributed by atoms with Crippen LogP contribution in [0.1, 0.15) is 25.7 Å². The molecule has 1 fully saturated rings. The smallest absolute Gasteiger partial charge is 0.126 e. The van der Waals surface area contributed by atoms with Crippen molar-refractivity contribution >= 4 is 5.82 Å². The Bertz CT molecular complexity index is 281. The summed E-state index contributed by atoms with van der Waals surface area (Å²) in [7, 11) is 1.80. The number of methoxy groups -OCH3 is 1. The van der Waals surface area contributed by atoms with E-state index in [0.717, 1.165) is 18.7 Å². The Morgan fingerprint density at radius 1 is 1.27 bits per heavy atom. The molecule has 1 saturated carbocycles. The molecule has 1 aliphatic carbocycles. The molecule has 0 aliphatic heterocycles. The molecule has 1 heterocycles. The summed E-state index contributed by atoms with van der Waals surface area (Å²) in [6.45, 7) is 0. The van der Waals surface area contributed by atoms with Gasteiger partial charge in [0.2, 0.25) is 0 Å². The van der Waals surface area contributed by atoms with Crippen LogP contribution in [-0.2, 0) is 4.74 Å². The fourth-order valence-electron chi connectivity index (χ4n) is 2.10. The highest BCUT2D eigenvalue weighted by atomic mass is 16.5. The zero-order valence-electron chi connectivity index (χ0n) is 9.15. The highest BCUT2D eigenvalue weighted by molar-refractivity contribution is 5.34. The first-order chi connectivity index (χ1) is 7.38. The van der Waals surface area contributed by atoms with Gasteiger partial charge in [-0.25, -0.2) is 4.98 Å². The fraction of sp³-hybridized carbons (Fsp3) is 0.583. The van der Waals surface area contributed by atoms with Gasteiger partial charge in [-0.2, -0.15) is 0 Å². The number of hydrogen-bond acceptors (Lipinski definition) is 3. The second-order valence-electron chi connectivity index (χ2n) is 4.07. The SMILES string of the molecule is COC1CCC(Nc2ccccn2)CC1. The summed E-state index contributed by atoms with van der Waals surface area (Å²) >= 11 is 0. The van der Waals surface area contributed by atoms with Crippen LogP contribution < -0.4 is 5.32 Å². The lowest BCUT2D eigenvalue weighted by atomic mass is 9.93. The van der Waals surface area contributed by atoms with E-state index in [1.165, 1.54) is 12.8 Å². The van der Waals surface area contributed by atoms with Gasteiger partial charge in [-0.1, -0.05) is 6.07 Å². The molecule has 0 saturated heterocycles. The van der Waals surface area contributed by atoms with Gasteiger partial charge in [0, 0.05) is 19.3 Å². The van der Waals surface area contributed by atoms with Crippen molar-refractivity contribution in [2.24, 2.45) is 0 Å². The molecule has 3 nitrogen and oxygen atoms in total. The normalized spacial score (nSPS) is 26.2. The number of pyridine rings is 1. The Kier molecular flexibility index (Phi) is 3.56. The Morgan fingerprint density at radius 2 is 2.07 bits per heavy atom. The molecular weight excluding hydrogens is 188 g/mol. The van der Waals surface area contributed by atoms with E-state index in [2.05, 4.69) is 10.3 Å². The summed E-state index contributed by atoms with van der Waals surface area (Å²) in [5.41, 5.74) is 0. The maximum atomic E-state index is 5.35. The van der Waals surface area contributed by atoms with Gasteiger partial charge in [0.05, 0.1) is 6.10 Å². The van der Waals surface area contributed by atoms with Crippen LogP contribution in [0.15, 0.2) is 24.4 Å². The zero-order valence-corrected chi connectivity index (χ0v) is 9.15. The zero-order chi connectivity index (χ0) is 10.5. The van der Waals surface area contributed by atoms with Crippen molar-refractivity contribution in [2.45, 2.75) is 37.8 Å². The van der Waals surface area contributed by atoms with Gasteiger partial charge in [0.1, 0.15) is 5.82 Å². The van der Waals surface area contributed by atoms with E-state index in [-0.39, 0.29) is 0 Å². The molecule has 0 amide bonds. The molecule has 2 rings (SSSR count). The lowest BCUT2D eigenvalue weighted by Gasteiger charge is -2.28. The highest BCUT2D eigenvalue weighted by Gasteiger charge is 2.20. The number of nitrogens with zero attached hydrogens (tertiary/aromatic N) is 1. The Balaban J connectivity index is 1.82. The minimum Gasteiger partial charge on any atom is -0.381 e. The van der Waals surface area contributed by atoms with Crippen LogP contribution in [0.5, 0.6) is 0 Å². The summed E-state index contributed by atoms with van der Waals surface area (Å²) in [5, 5.41) is 3.46. The van der Waals surface area contributed by atoms with Gasteiger partial charge in [0.15, 0.2) is 0 Å². The van der Waals surface area contributed by atoms with E-state index in [4.69, 9.17) is 4.74 Å². The molecule has 3 heteroatoms. The van der Waals surface area contributed by atoms with Crippen LogP contribution >= 0.6 is 0 Å². The summed E-state index contributed by atoms with van der Waals surface area (Å²) in [4.78, 5) is 4.27. The summed E-state index contributed by atoms with van der Waals surface area (Å²) in [6.07, 6.45) is 6.95. The maximum Gasteiger partial charge on any atom is 0.126 e. The van der Waals surface area contributed by atoms with Crippen molar-refractivity contribution in [1.82, 2.24) is 4.98 Å². The number of ether oxygens (including phenoxy) is 1. The van der Waals surface area contributed by atoms with E-state index < -0.39 is 0 Å². The minimum atomic E-state index is 0.465. The predicted molar refractivity (Wildman–Crippen MR) is 60.9 cm³/mol. The van der Waals surface area contributed by atoms with E-state index in [0.29, 0.717) is 12.1 Å². The van der Waals surface area contributed by atoms with Crippen LogP contribution in [0, 0.1) is 0 Å². The number of rotatable bonds is 3. The monoisotopic (exact) mass is 206 g/mol. The van der Waals surface area contributed by atoms with Crippen molar-refractivity contribution in [2.75, 3.05) is 12.4 Å². The maximum absolute atomic E-state index is 5.35. The van der Waals surface area contributed by atoms with Crippen LogP contribution in [-0.4, -0.2) is 24.2 Å². The molecule has 15 heavy (non-hydrogen) atoms.